The highest BCUT2D eigenvalue weighted by atomic mass is 16.7. The van der Waals surface area contributed by atoms with Crippen LogP contribution in [0.3, 0.4) is 0 Å². The van der Waals surface area contributed by atoms with Gasteiger partial charge in [0.05, 0.1) is 0 Å². The van der Waals surface area contributed by atoms with Gasteiger partial charge in [0.15, 0.2) is 0 Å². The van der Waals surface area contributed by atoms with E-state index in [4.69, 9.17) is 10.6 Å². The average molecular weight is 102 g/mol. The van der Waals surface area contributed by atoms with Gasteiger partial charge in [0.1, 0.15) is 6.26 Å². The molecule has 0 aromatic rings. The Morgan fingerprint density at radius 2 is 2.71 bits per heavy atom. The molecule has 3 N–H and O–H groups in total. The molecule has 1 aliphatic rings. The number of nitrogens with two attached hydrogens (primary N) is 1. The van der Waals surface area contributed by atoms with Gasteiger partial charge in [-0.05, 0) is 0 Å². The lowest BCUT2D eigenvalue weighted by Gasteiger charge is -1.94. The van der Waals surface area contributed by atoms with Crippen LogP contribution in [0.15, 0.2) is 12.1 Å². The minimum atomic E-state index is 0.263. The standard InChI is InChI=1S/C3H6N2O2/c4-5-3-1-6-2-7-3/h1,5H,2,4H2. The van der Waals surface area contributed by atoms with E-state index in [2.05, 4.69) is 10.2 Å². The summed E-state index contributed by atoms with van der Waals surface area (Å²) in [4.78, 5) is 0. The summed E-state index contributed by atoms with van der Waals surface area (Å²) in [5.74, 6) is 5.38. The highest BCUT2D eigenvalue weighted by Crippen LogP contribution is 1.98. The number of hydrogen-bond acceptors (Lipinski definition) is 4. The Balaban J connectivity index is 2.36. The van der Waals surface area contributed by atoms with Crippen LogP contribution in [0.5, 0.6) is 0 Å². The molecule has 1 rings (SSSR count). The van der Waals surface area contributed by atoms with E-state index < -0.39 is 0 Å². The van der Waals surface area contributed by atoms with E-state index in [1.165, 1.54) is 6.26 Å². The smallest absolute Gasteiger partial charge is 0.240 e. The molecule has 0 bridgehead atoms. The first-order valence-corrected chi connectivity index (χ1v) is 1.84. The lowest BCUT2D eigenvalue weighted by Crippen LogP contribution is -2.20. The molecule has 0 spiro atoms. The molecule has 0 aromatic carbocycles. The van der Waals surface area contributed by atoms with Crippen molar-refractivity contribution in [2.75, 3.05) is 6.79 Å². The van der Waals surface area contributed by atoms with Crippen LogP contribution in [0.1, 0.15) is 0 Å². The Morgan fingerprint density at radius 1 is 1.86 bits per heavy atom. The summed E-state index contributed by atoms with van der Waals surface area (Å²) >= 11 is 0. The van der Waals surface area contributed by atoms with Crippen molar-refractivity contribution in [3.05, 3.63) is 12.1 Å². The van der Waals surface area contributed by atoms with E-state index in [-0.39, 0.29) is 6.79 Å². The summed E-state index contributed by atoms with van der Waals surface area (Å²) in [5.41, 5.74) is 2.28. The van der Waals surface area contributed by atoms with Crippen molar-refractivity contribution >= 4 is 0 Å². The first-order chi connectivity index (χ1) is 3.43. The molecule has 0 saturated carbocycles. The number of rotatable bonds is 1. The summed E-state index contributed by atoms with van der Waals surface area (Å²) in [6.07, 6.45) is 1.42. The van der Waals surface area contributed by atoms with Crippen LogP contribution in [0, 0.1) is 0 Å². The Morgan fingerprint density at radius 3 is 3.00 bits per heavy atom. The van der Waals surface area contributed by atoms with E-state index in [1.807, 2.05) is 0 Å². The SMILES string of the molecule is NNC1=COCO1. The predicted octanol–water partition coefficient (Wildman–Crippen LogP) is -0.747. The van der Waals surface area contributed by atoms with Crippen LogP contribution in [-0.2, 0) is 9.47 Å². The fraction of sp³-hybridized carbons (Fsp3) is 0.333. The van der Waals surface area contributed by atoms with Gasteiger partial charge in [0, 0.05) is 0 Å². The van der Waals surface area contributed by atoms with Crippen LogP contribution >= 0.6 is 0 Å². The predicted molar refractivity (Wildman–Crippen MR) is 22.4 cm³/mol. The van der Waals surface area contributed by atoms with Gasteiger partial charge >= 0.3 is 0 Å². The quantitative estimate of drug-likeness (QED) is 0.338. The van der Waals surface area contributed by atoms with Crippen LogP contribution < -0.4 is 11.3 Å². The summed E-state index contributed by atoms with van der Waals surface area (Å²) < 4.78 is 9.33. The molecule has 40 valence electrons. The molecule has 1 aliphatic heterocycles. The second kappa shape index (κ2) is 1.70. The maximum absolute atomic E-state index is 4.91. The summed E-state index contributed by atoms with van der Waals surface area (Å²) in [6.45, 7) is 0.263. The third-order valence-electron chi connectivity index (χ3n) is 0.615. The molecule has 0 radical (unpaired) electrons. The van der Waals surface area contributed by atoms with Crippen LogP contribution in [0.2, 0.25) is 0 Å². The highest BCUT2D eigenvalue weighted by Gasteiger charge is 2.00. The van der Waals surface area contributed by atoms with E-state index in [0.29, 0.717) is 5.88 Å². The first-order valence-electron chi connectivity index (χ1n) is 1.84. The van der Waals surface area contributed by atoms with Crippen molar-refractivity contribution in [3.63, 3.8) is 0 Å². The van der Waals surface area contributed by atoms with E-state index >= 15 is 0 Å². The van der Waals surface area contributed by atoms with Gasteiger partial charge < -0.3 is 9.47 Å². The third kappa shape index (κ3) is 0.747. The lowest BCUT2D eigenvalue weighted by molar-refractivity contribution is 0.0745. The normalized spacial score (nSPS) is 17.0. The van der Waals surface area contributed by atoms with E-state index in [9.17, 15) is 0 Å². The molecular formula is C3H6N2O2. The lowest BCUT2D eigenvalue weighted by atomic mass is 10.9. The Hall–Kier alpha value is -0.900. The number of ether oxygens (including phenoxy) is 2. The topological polar surface area (TPSA) is 56.5 Å². The maximum atomic E-state index is 4.91. The second-order valence-corrected chi connectivity index (χ2v) is 1.06. The minimum absolute atomic E-state index is 0.263. The molecular weight excluding hydrogens is 96.0 g/mol. The van der Waals surface area contributed by atoms with Crippen LogP contribution in [0.25, 0.3) is 0 Å². The number of nitrogens with one attached hydrogen (secondary N) is 1. The molecule has 0 aliphatic carbocycles. The maximum Gasteiger partial charge on any atom is 0.240 e. The highest BCUT2D eigenvalue weighted by molar-refractivity contribution is 4.83. The second-order valence-electron chi connectivity index (χ2n) is 1.06. The minimum Gasteiger partial charge on any atom is -0.459 e. The van der Waals surface area contributed by atoms with Crippen molar-refractivity contribution in [3.8, 4) is 0 Å². The molecule has 0 fully saturated rings. The van der Waals surface area contributed by atoms with Gasteiger partial charge in [-0.25, -0.2) is 5.84 Å². The monoisotopic (exact) mass is 102 g/mol. The van der Waals surface area contributed by atoms with Crippen molar-refractivity contribution in [2.45, 2.75) is 0 Å². The van der Waals surface area contributed by atoms with Crippen molar-refractivity contribution < 1.29 is 9.47 Å². The Labute approximate surface area is 40.9 Å². The summed E-state index contributed by atoms with van der Waals surface area (Å²) in [5, 5.41) is 0. The van der Waals surface area contributed by atoms with E-state index in [0.717, 1.165) is 0 Å². The third-order valence-corrected chi connectivity index (χ3v) is 0.615. The summed E-state index contributed by atoms with van der Waals surface area (Å²) in [6, 6.07) is 0. The molecule has 0 atom stereocenters. The fourth-order valence-electron chi connectivity index (χ4n) is 0.317. The van der Waals surface area contributed by atoms with E-state index in [1.54, 1.807) is 0 Å². The zero-order valence-electron chi connectivity index (χ0n) is 3.68. The largest absolute Gasteiger partial charge is 0.459 e. The zero-order valence-corrected chi connectivity index (χ0v) is 3.68. The van der Waals surface area contributed by atoms with Crippen molar-refractivity contribution in [1.29, 1.82) is 0 Å². The van der Waals surface area contributed by atoms with Gasteiger partial charge in [-0.2, -0.15) is 0 Å². The number of hydrazine groups is 1. The molecule has 4 heteroatoms. The van der Waals surface area contributed by atoms with Gasteiger partial charge in [-0.3, -0.25) is 5.43 Å². The first kappa shape index (κ1) is 4.26. The van der Waals surface area contributed by atoms with Crippen LogP contribution in [-0.4, -0.2) is 6.79 Å². The average Bonchev–Trinajstić information content (AvgIpc) is 2.14. The molecule has 0 amide bonds. The zero-order chi connectivity index (χ0) is 5.11. The number of hydrogen-bond donors (Lipinski definition) is 2. The Bertz CT molecular complexity index is 90.9. The molecule has 0 aromatic heterocycles. The molecule has 0 unspecified atom stereocenters. The van der Waals surface area contributed by atoms with Crippen molar-refractivity contribution in [1.82, 2.24) is 5.43 Å². The van der Waals surface area contributed by atoms with Gasteiger partial charge in [-0.15, -0.1) is 0 Å². The van der Waals surface area contributed by atoms with Gasteiger partial charge in [0.25, 0.3) is 0 Å². The molecule has 1 heterocycles. The van der Waals surface area contributed by atoms with Crippen molar-refractivity contribution in [2.24, 2.45) is 5.84 Å². The van der Waals surface area contributed by atoms with Crippen LogP contribution in [0.4, 0.5) is 0 Å². The Kier molecular flexibility index (Phi) is 1.04. The van der Waals surface area contributed by atoms with Gasteiger partial charge in [-0.1, -0.05) is 0 Å². The molecule has 0 saturated heterocycles. The van der Waals surface area contributed by atoms with Gasteiger partial charge in [0.2, 0.25) is 12.7 Å². The summed E-state index contributed by atoms with van der Waals surface area (Å²) in [7, 11) is 0. The fourth-order valence-corrected chi connectivity index (χ4v) is 0.317. The molecule has 7 heavy (non-hydrogen) atoms. The molecule has 4 nitrogen and oxygen atoms in total.